The van der Waals surface area contributed by atoms with Crippen LogP contribution in [0.15, 0.2) is 18.2 Å². The normalized spacial score (nSPS) is 18.9. The Morgan fingerprint density at radius 1 is 1.58 bits per heavy atom. The number of benzene rings is 1. The molecule has 1 heterocycles. The van der Waals surface area contributed by atoms with Crippen molar-refractivity contribution < 1.29 is 14.5 Å². The molecule has 0 aliphatic carbocycles. The fourth-order valence-corrected chi connectivity index (χ4v) is 1.86. The minimum Gasteiger partial charge on any atom is -0.366 e. The Kier molecular flexibility index (Phi) is 4.08. The molecule has 0 saturated carbocycles. The van der Waals surface area contributed by atoms with Crippen LogP contribution in [0.5, 0.6) is 0 Å². The lowest BCUT2D eigenvalue weighted by atomic mass is 10.2. The molecule has 1 amide bonds. The van der Waals surface area contributed by atoms with E-state index in [0.29, 0.717) is 19.7 Å². The molecule has 0 spiro atoms. The summed E-state index contributed by atoms with van der Waals surface area (Å²) in [6.45, 7) is 3.37. The van der Waals surface area contributed by atoms with Gasteiger partial charge >= 0.3 is 0 Å². The number of amides is 1. The molecule has 2 rings (SSSR count). The summed E-state index contributed by atoms with van der Waals surface area (Å²) in [5.74, 6) is -0.374. The highest BCUT2D eigenvalue weighted by molar-refractivity contribution is 5.96. The summed E-state index contributed by atoms with van der Waals surface area (Å²) >= 11 is 0. The van der Waals surface area contributed by atoms with Gasteiger partial charge in [0, 0.05) is 19.2 Å². The number of carbonyl (C=O) groups is 1. The molecule has 19 heavy (non-hydrogen) atoms. The summed E-state index contributed by atoms with van der Waals surface area (Å²) < 4.78 is 5.30. The highest BCUT2D eigenvalue weighted by Gasteiger charge is 2.24. The predicted molar refractivity (Wildman–Crippen MR) is 69.1 cm³/mol. The fourth-order valence-electron chi connectivity index (χ4n) is 1.86. The number of morpholine rings is 1. The first-order chi connectivity index (χ1) is 9.08. The predicted octanol–water partition coefficient (Wildman–Crippen LogP) is 0.830. The van der Waals surface area contributed by atoms with Gasteiger partial charge < -0.3 is 15.4 Å². The first-order valence-corrected chi connectivity index (χ1v) is 5.96. The van der Waals surface area contributed by atoms with Gasteiger partial charge in [-0.25, -0.2) is 0 Å². The van der Waals surface area contributed by atoms with Crippen LogP contribution in [0, 0.1) is 17.0 Å². The zero-order chi connectivity index (χ0) is 13.8. The van der Waals surface area contributed by atoms with Gasteiger partial charge in [-0.15, -0.1) is 0 Å². The maximum absolute atomic E-state index is 12.0. The standard InChI is InChI=1S/C12H15N3O4/c1-8-2-3-10(15(17)18)9(6-8)14-12(16)11-7-13-4-5-19-11/h2-3,6,11,13H,4-5,7H2,1H3,(H,14,16). The van der Waals surface area contributed by atoms with Crippen molar-refractivity contribution in [1.29, 1.82) is 0 Å². The van der Waals surface area contributed by atoms with Crippen molar-refractivity contribution in [2.45, 2.75) is 13.0 Å². The topological polar surface area (TPSA) is 93.5 Å². The van der Waals surface area contributed by atoms with Gasteiger partial charge in [-0.1, -0.05) is 6.07 Å². The molecule has 1 aromatic carbocycles. The van der Waals surface area contributed by atoms with E-state index < -0.39 is 11.0 Å². The third kappa shape index (κ3) is 3.27. The molecular weight excluding hydrogens is 250 g/mol. The zero-order valence-corrected chi connectivity index (χ0v) is 10.5. The Balaban J connectivity index is 2.15. The second-order valence-electron chi connectivity index (χ2n) is 4.33. The highest BCUT2D eigenvalue weighted by Crippen LogP contribution is 2.25. The number of anilines is 1. The lowest BCUT2D eigenvalue weighted by Crippen LogP contribution is -2.45. The van der Waals surface area contributed by atoms with Gasteiger partial charge in [0.05, 0.1) is 11.5 Å². The number of hydrogen-bond donors (Lipinski definition) is 2. The summed E-state index contributed by atoms with van der Waals surface area (Å²) in [5, 5.41) is 16.5. The van der Waals surface area contributed by atoms with Crippen LogP contribution in [0.1, 0.15) is 5.56 Å². The second-order valence-corrected chi connectivity index (χ2v) is 4.33. The summed E-state index contributed by atoms with van der Waals surface area (Å²) in [6, 6.07) is 4.59. The minimum absolute atomic E-state index is 0.122. The van der Waals surface area contributed by atoms with E-state index in [1.165, 1.54) is 6.07 Å². The largest absolute Gasteiger partial charge is 0.366 e. The third-order valence-electron chi connectivity index (χ3n) is 2.83. The summed E-state index contributed by atoms with van der Waals surface area (Å²) in [6.07, 6.45) is -0.617. The molecule has 0 aromatic heterocycles. The van der Waals surface area contributed by atoms with E-state index in [4.69, 9.17) is 4.74 Å². The quantitative estimate of drug-likeness (QED) is 0.623. The van der Waals surface area contributed by atoms with Crippen molar-refractivity contribution in [3.63, 3.8) is 0 Å². The molecule has 7 heteroatoms. The Morgan fingerprint density at radius 3 is 3.00 bits per heavy atom. The van der Waals surface area contributed by atoms with Gasteiger partial charge in [0.1, 0.15) is 11.8 Å². The third-order valence-corrected chi connectivity index (χ3v) is 2.83. The average molecular weight is 265 g/mol. The molecule has 1 unspecified atom stereocenters. The maximum atomic E-state index is 12.0. The molecule has 1 aliphatic rings. The molecule has 2 N–H and O–H groups in total. The number of carbonyl (C=O) groups excluding carboxylic acids is 1. The van der Waals surface area contributed by atoms with Crippen molar-refractivity contribution in [2.24, 2.45) is 0 Å². The number of aryl methyl sites for hydroxylation is 1. The van der Waals surface area contributed by atoms with Gasteiger partial charge in [-0.3, -0.25) is 14.9 Å². The maximum Gasteiger partial charge on any atom is 0.292 e. The van der Waals surface area contributed by atoms with Crippen molar-refractivity contribution >= 4 is 17.3 Å². The van der Waals surface area contributed by atoms with E-state index in [1.807, 2.05) is 0 Å². The molecule has 1 aliphatic heterocycles. The number of nitro benzene ring substituents is 1. The van der Waals surface area contributed by atoms with E-state index in [-0.39, 0.29) is 17.3 Å². The molecule has 1 atom stereocenters. The average Bonchev–Trinajstić information content (AvgIpc) is 2.39. The molecule has 7 nitrogen and oxygen atoms in total. The molecule has 102 valence electrons. The molecule has 1 aromatic rings. The highest BCUT2D eigenvalue weighted by atomic mass is 16.6. The number of rotatable bonds is 3. The van der Waals surface area contributed by atoms with Crippen molar-refractivity contribution in [3.8, 4) is 0 Å². The molecule has 0 bridgehead atoms. The monoisotopic (exact) mass is 265 g/mol. The van der Waals surface area contributed by atoms with Crippen LogP contribution in [-0.4, -0.2) is 36.6 Å². The van der Waals surface area contributed by atoms with Crippen LogP contribution < -0.4 is 10.6 Å². The number of nitrogens with one attached hydrogen (secondary N) is 2. The first kappa shape index (κ1) is 13.4. The van der Waals surface area contributed by atoms with Crippen LogP contribution in [-0.2, 0) is 9.53 Å². The van der Waals surface area contributed by atoms with E-state index in [2.05, 4.69) is 10.6 Å². The van der Waals surface area contributed by atoms with E-state index >= 15 is 0 Å². The number of nitro groups is 1. The van der Waals surface area contributed by atoms with Crippen LogP contribution in [0.25, 0.3) is 0 Å². The minimum atomic E-state index is -0.617. The zero-order valence-electron chi connectivity index (χ0n) is 10.5. The lowest BCUT2D eigenvalue weighted by molar-refractivity contribution is -0.383. The van der Waals surface area contributed by atoms with Crippen molar-refractivity contribution in [3.05, 3.63) is 33.9 Å². The van der Waals surface area contributed by atoms with Gasteiger partial charge in [0.25, 0.3) is 11.6 Å². The Labute approximate surface area is 110 Å². The second kappa shape index (κ2) is 5.77. The van der Waals surface area contributed by atoms with Crippen LogP contribution >= 0.6 is 0 Å². The lowest BCUT2D eigenvalue weighted by Gasteiger charge is -2.22. The smallest absolute Gasteiger partial charge is 0.292 e. The molecule has 1 fully saturated rings. The van der Waals surface area contributed by atoms with Gasteiger partial charge in [0.2, 0.25) is 0 Å². The van der Waals surface area contributed by atoms with E-state index in [9.17, 15) is 14.9 Å². The Morgan fingerprint density at radius 2 is 2.37 bits per heavy atom. The van der Waals surface area contributed by atoms with Crippen LogP contribution in [0.2, 0.25) is 0 Å². The summed E-state index contributed by atoms with van der Waals surface area (Å²) in [5.41, 5.74) is 0.912. The van der Waals surface area contributed by atoms with Gasteiger partial charge in [-0.05, 0) is 18.6 Å². The SMILES string of the molecule is Cc1ccc([N+](=O)[O-])c(NC(=O)C2CNCCO2)c1. The van der Waals surface area contributed by atoms with Gasteiger partial charge in [-0.2, -0.15) is 0 Å². The van der Waals surface area contributed by atoms with Crippen LogP contribution in [0.3, 0.4) is 0 Å². The Bertz CT molecular complexity index is 498. The number of nitrogens with zero attached hydrogens (tertiary/aromatic N) is 1. The number of hydrogen-bond acceptors (Lipinski definition) is 5. The van der Waals surface area contributed by atoms with Crippen molar-refractivity contribution in [1.82, 2.24) is 5.32 Å². The molecule has 1 saturated heterocycles. The first-order valence-electron chi connectivity index (χ1n) is 5.96. The summed E-state index contributed by atoms with van der Waals surface area (Å²) in [7, 11) is 0. The Hall–Kier alpha value is -1.99. The molecule has 0 radical (unpaired) electrons. The van der Waals surface area contributed by atoms with E-state index in [0.717, 1.165) is 5.56 Å². The summed E-state index contributed by atoms with van der Waals surface area (Å²) in [4.78, 5) is 22.3. The fraction of sp³-hybridized carbons (Fsp3) is 0.417. The van der Waals surface area contributed by atoms with Gasteiger partial charge in [0.15, 0.2) is 0 Å². The van der Waals surface area contributed by atoms with E-state index in [1.54, 1.807) is 19.1 Å². The van der Waals surface area contributed by atoms with Crippen molar-refractivity contribution in [2.75, 3.05) is 25.0 Å². The molecular formula is C12H15N3O4. The van der Waals surface area contributed by atoms with Crippen LogP contribution in [0.4, 0.5) is 11.4 Å². The number of ether oxygens (including phenoxy) is 1.